The molecule has 0 aromatic heterocycles. The van der Waals surface area contributed by atoms with Crippen molar-refractivity contribution < 1.29 is 19.4 Å². The van der Waals surface area contributed by atoms with Crippen LogP contribution in [0.25, 0.3) is 6.08 Å². The molecule has 1 aliphatic rings. The van der Waals surface area contributed by atoms with Crippen molar-refractivity contribution in [1.29, 1.82) is 0 Å². The van der Waals surface area contributed by atoms with Gasteiger partial charge in [0.1, 0.15) is 0 Å². The van der Waals surface area contributed by atoms with Gasteiger partial charge in [-0.2, -0.15) is 0 Å². The van der Waals surface area contributed by atoms with Crippen LogP contribution in [-0.2, 0) is 4.79 Å². The average molecular weight is 317 g/mol. The van der Waals surface area contributed by atoms with Crippen molar-refractivity contribution in [1.82, 2.24) is 4.90 Å². The Morgan fingerprint density at radius 2 is 1.70 bits per heavy atom. The first-order valence-electron chi connectivity index (χ1n) is 7.74. The predicted octanol–water partition coefficient (Wildman–Crippen LogP) is 2.99. The number of phenols is 1. The van der Waals surface area contributed by atoms with Crippen LogP contribution in [0.4, 0.5) is 0 Å². The highest BCUT2D eigenvalue weighted by Gasteiger charge is 2.13. The van der Waals surface area contributed by atoms with Gasteiger partial charge in [-0.3, -0.25) is 4.79 Å². The van der Waals surface area contributed by atoms with Crippen LogP contribution >= 0.6 is 0 Å². The number of piperidine rings is 1. The summed E-state index contributed by atoms with van der Waals surface area (Å²) in [6.45, 7) is 1.69. The Balaban J connectivity index is 2.02. The van der Waals surface area contributed by atoms with Crippen molar-refractivity contribution in [3.8, 4) is 17.2 Å². The van der Waals surface area contributed by atoms with E-state index in [1.807, 2.05) is 11.0 Å². The highest BCUT2D eigenvalue weighted by Crippen LogP contribution is 2.37. The number of hydrogen-bond acceptors (Lipinski definition) is 4. The van der Waals surface area contributed by atoms with E-state index in [4.69, 9.17) is 9.47 Å². The van der Waals surface area contributed by atoms with Gasteiger partial charge in [-0.1, -0.05) is 18.2 Å². The summed E-state index contributed by atoms with van der Waals surface area (Å²) in [5, 5.41) is 9.86. The maximum Gasteiger partial charge on any atom is 0.246 e. The van der Waals surface area contributed by atoms with Crippen LogP contribution in [-0.4, -0.2) is 43.2 Å². The Bertz CT molecular complexity index is 576. The van der Waals surface area contributed by atoms with Gasteiger partial charge < -0.3 is 19.5 Å². The molecule has 124 valence electrons. The molecule has 0 atom stereocenters. The lowest BCUT2D eigenvalue weighted by molar-refractivity contribution is -0.126. The largest absolute Gasteiger partial charge is 0.502 e. The topological polar surface area (TPSA) is 59.0 Å². The summed E-state index contributed by atoms with van der Waals surface area (Å²) in [6, 6.07) is 3.41. The predicted molar refractivity (Wildman–Crippen MR) is 89.8 cm³/mol. The smallest absolute Gasteiger partial charge is 0.246 e. The Hall–Kier alpha value is -2.43. The number of hydrogen-bond donors (Lipinski definition) is 1. The molecule has 0 unspecified atom stereocenters. The first-order chi connectivity index (χ1) is 11.2. The lowest BCUT2D eigenvalue weighted by Crippen LogP contribution is -2.34. The summed E-state index contributed by atoms with van der Waals surface area (Å²) >= 11 is 0. The Labute approximate surface area is 136 Å². The van der Waals surface area contributed by atoms with E-state index in [1.54, 1.807) is 30.4 Å². The van der Waals surface area contributed by atoms with Gasteiger partial charge in [0.05, 0.1) is 14.2 Å². The minimum atomic E-state index is -0.0250. The van der Waals surface area contributed by atoms with Crippen molar-refractivity contribution in [2.45, 2.75) is 19.3 Å². The lowest BCUT2D eigenvalue weighted by atomic mass is 10.1. The SMILES string of the molecule is COc1cc(/C=C/C=C/C(=O)N2CCCCC2)cc(OC)c1O. The molecule has 0 spiro atoms. The Morgan fingerprint density at radius 3 is 2.26 bits per heavy atom. The Morgan fingerprint density at radius 1 is 1.09 bits per heavy atom. The van der Waals surface area contributed by atoms with Crippen LogP contribution in [0.2, 0.25) is 0 Å². The maximum atomic E-state index is 12.0. The van der Waals surface area contributed by atoms with Gasteiger partial charge in [-0.15, -0.1) is 0 Å². The first kappa shape index (κ1) is 16.9. The number of amides is 1. The van der Waals surface area contributed by atoms with Gasteiger partial charge in [0.25, 0.3) is 0 Å². The zero-order valence-corrected chi connectivity index (χ0v) is 13.6. The second-order valence-electron chi connectivity index (χ2n) is 5.38. The molecule has 1 saturated heterocycles. The number of likely N-dealkylation sites (tertiary alicyclic amines) is 1. The van der Waals surface area contributed by atoms with Crippen LogP contribution in [0, 0.1) is 0 Å². The highest BCUT2D eigenvalue weighted by atomic mass is 16.5. The summed E-state index contributed by atoms with van der Waals surface area (Å²) in [5.74, 6) is 0.716. The minimum Gasteiger partial charge on any atom is -0.502 e. The number of ether oxygens (including phenoxy) is 2. The molecule has 1 aliphatic heterocycles. The van der Waals surface area contributed by atoms with Crippen molar-refractivity contribution in [3.05, 3.63) is 35.9 Å². The molecule has 5 nitrogen and oxygen atoms in total. The van der Waals surface area contributed by atoms with Crippen molar-refractivity contribution in [2.75, 3.05) is 27.3 Å². The molecule has 2 rings (SSSR count). The molecule has 0 radical (unpaired) electrons. The number of carbonyl (C=O) groups is 1. The van der Waals surface area contributed by atoms with Gasteiger partial charge in [-0.25, -0.2) is 0 Å². The van der Waals surface area contributed by atoms with E-state index < -0.39 is 0 Å². The molecule has 0 saturated carbocycles. The summed E-state index contributed by atoms with van der Waals surface area (Å²) in [5.41, 5.74) is 0.812. The van der Waals surface area contributed by atoms with Gasteiger partial charge in [0.2, 0.25) is 11.7 Å². The fraction of sp³-hybridized carbons (Fsp3) is 0.389. The molecule has 1 aromatic carbocycles. The third-order valence-electron chi connectivity index (χ3n) is 3.81. The highest BCUT2D eigenvalue weighted by molar-refractivity contribution is 5.88. The quantitative estimate of drug-likeness (QED) is 0.670. The first-order valence-corrected chi connectivity index (χ1v) is 7.74. The molecule has 1 heterocycles. The number of nitrogens with zero attached hydrogens (tertiary/aromatic N) is 1. The van der Waals surface area contributed by atoms with Crippen molar-refractivity contribution in [3.63, 3.8) is 0 Å². The fourth-order valence-corrected chi connectivity index (χ4v) is 2.53. The summed E-state index contributed by atoms with van der Waals surface area (Å²) < 4.78 is 10.2. The van der Waals surface area contributed by atoms with E-state index in [1.165, 1.54) is 20.6 Å². The molecular weight excluding hydrogens is 294 g/mol. The number of phenolic OH excluding ortho intramolecular Hbond substituents is 1. The van der Waals surface area contributed by atoms with Crippen LogP contribution in [0.5, 0.6) is 17.2 Å². The van der Waals surface area contributed by atoms with Gasteiger partial charge in [0, 0.05) is 19.2 Å². The number of aromatic hydroxyl groups is 1. The van der Waals surface area contributed by atoms with Gasteiger partial charge in [0.15, 0.2) is 11.5 Å². The summed E-state index contributed by atoms with van der Waals surface area (Å²) in [7, 11) is 2.97. The molecule has 23 heavy (non-hydrogen) atoms. The van der Waals surface area contributed by atoms with E-state index in [0.717, 1.165) is 31.5 Å². The fourth-order valence-electron chi connectivity index (χ4n) is 2.53. The van der Waals surface area contributed by atoms with E-state index in [9.17, 15) is 9.90 Å². The average Bonchev–Trinajstić information content (AvgIpc) is 2.60. The van der Waals surface area contributed by atoms with Crippen LogP contribution in [0.15, 0.2) is 30.4 Å². The van der Waals surface area contributed by atoms with Crippen LogP contribution in [0.1, 0.15) is 24.8 Å². The zero-order chi connectivity index (χ0) is 16.7. The van der Waals surface area contributed by atoms with E-state index in [2.05, 4.69) is 0 Å². The van der Waals surface area contributed by atoms with Crippen molar-refractivity contribution in [2.24, 2.45) is 0 Å². The van der Waals surface area contributed by atoms with Crippen LogP contribution in [0.3, 0.4) is 0 Å². The van der Waals surface area contributed by atoms with E-state index in [0.29, 0.717) is 11.5 Å². The number of benzene rings is 1. The Kier molecular flexibility index (Phi) is 6.09. The summed E-state index contributed by atoms with van der Waals surface area (Å²) in [4.78, 5) is 13.9. The number of carbonyl (C=O) groups excluding carboxylic acids is 1. The monoisotopic (exact) mass is 317 g/mol. The molecule has 1 amide bonds. The number of rotatable bonds is 5. The molecule has 1 N–H and O–H groups in total. The molecule has 0 bridgehead atoms. The minimum absolute atomic E-state index is 0.0250. The van der Waals surface area contributed by atoms with E-state index in [-0.39, 0.29) is 11.7 Å². The van der Waals surface area contributed by atoms with Crippen molar-refractivity contribution >= 4 is 12.0 Å². The second kappa shape index (κ2) is 8.27. The second-order valence-corrected chi connectivity index (χ2v) is 5.38. The summed E-state index contributed by atoms with van der Waals surface area (Å²) in [6.07, 6.45) is 10.3. The lowest BCUT2D eigenvalue weighted by Gasteiger charge is -2.25. The molecule has 0 aliphatic carbocycles. The zero-order valence-electron chi connectivity index (χ0n) is 13.6. The normalized spacial score (nSPS) is 15.3. The molecule has 5 heteroatoms. The van der Waals surface area contributed by atoms with Crippen LogP contribution < -0.4 is 9.47 Å². The van der Waals surface area contributed by atoms with Gasteiger partial charge in [-0.05, 0) is 37.0 Å². The third kappa shape index (κ3) is 4.52. The maximum absolute atomic E-state index is 12.0. The standard InChI is InChI=1S/C18H23NO4/c1-22-15-12-14(13-16(23-2)18(15)21)8-4-5-9-17(20)19-10-6-3-7-11-19/h4-5,8-9,12-13,21H,3,6-7,10-11H2,1-2H3/b8-4+,9-5+. The third-order valence-corrected chi connectivity index (χ3v) is 3.81. The number of methoxy groups -OCH3 is 2. The number of allylic oxidation sites excluding steroid dienone is 2. The molecule has 1 fully saturated rings. The molecule has 1 aromatic rings. The molecular formula is C18H23NO4. The van der Waals surface area contributed by atoms with Gasteiger partial charge >= 0.3 is 0 Å². The van der Waals surface area contributed by atoms with E-state index >= 15 is 0 Å².